The average Bonchev–Trinajstić information content (AvgIpc) is 2.85. The van der Waals surface area contributed by atoms with E-state index in [9.17, 15) is 4.79 Å². The molecule has 4 nitrogen and oxygen atoms in total. The third kappa shape index (κ3) is 2.83. The molecule has 0 saturated heterocycles. The van der Waals surface area contributed by atoms with E-state index in [0.29, 0.717) is 11.3 Å². The first-order valence-corrected chi connectivity index (χ1v) is 5.97. The van der Waals surface area contributed by atoms with E-state index >= 15 is 0 Å². The van der Waals surface area contributed by atoms with Crippen molar-refractivity contribution >= 4 is 11.5 Å². The van der Waals surface area contributed by atoms with Gasteiger partial charge >= 0.3 is 0 Å². The first-order valence-electron chi connectivity index (χ1n) is 5.97. The Labute approximate surface area is 112 Å². The van der Waals surface area contributed by atoms with Gasteiger partial charge in [0.15, 0.2) is 5.78 Å². The van der Waals surface area contributed by atoms with Crippen molar-refractivity contribution in [3.8, 4) is 6.07 Å². The molecule has 0 unspecified atom stereocenters. The summed E-state index contributed by atoms with van der Waals surface area (Å²) in [5.74, 6) is 0.0531. The van der Waals surface area contributed by atoms with Gasteiger partial charge < -0.3 is 9.47 Å². The molecule has 0 atom stereocenters. The Morgan fingerprint density at radius 1 is 1.37 bits per heavy atom. The van der Waals surface area contributed by atoms with Crippen LogP contribution in [0.5, 0.6) is 0 Å². The van der Waals surface area contributed by atoms with E-state index in [4.69, 9.17) is 5.26 Å². The van der Waals surface area contributed by atoms with Crippen LogP contribution in [-0.2, 0) is 7.05 Å². The van der Waals surface area contributed by atoms with Crippen LogP contribution in [0.1, 0.15) is 16.1 Å². The van der Waals surface area contributed by atoms with Crippen LogP contribution >= 0.6 is 0 Å². The molecular formula is C15H15N3O. The second-order valence-corrected chi connectivity index (χ2v) is 4.45. The molecule has 0 aliphatic rings. The van der Waals surface area contributed by atoms with Crippen molar-refractivity contribution in [2.45, 2.75) is 0 Å². The Morgan fingerprint density at radius 3 is 2.79 bits per heavy atom. The number of hydrogen-bond acceptors (Lipinski definition) is 3. The fourth-order valence-electron chi connectivity index (χ4n) is 1.95. The maximum absolute atomic E-state index is 12.1. The zero-order valence-electron chi connectivity index (χ0n) is 11.0. The van der Waals surface area contributed by atoms with Crippen molar-refractivity contribution in [3.63, 3.8) is 0 Å². The molecule has 4 heteroatoms. The van der Waals surface area contributed by atoms with Crippen molar-refractivity contribution in [1.82, 2.24) is 4.57 Å². The normalized spacial score (nSPS) is 9.95. The summed E-state index contributed by atoms with van der Waals surface area (Å²) in [6.07, 6.45) is 1.85. The molecule has 1 aromatic heterocycles. The molecule has 96 valence electrons. The molecule has 0 aliphatic carbocycles. The number of Topliss-reactive ketones (excluding diaryl/α,β-unsaturated/α-hetero) is 1. The van der Waals surface area contributed by atoms with Crippen LogP contribution < -0.4 is 4.90 Å². The molecule has 19 heavy (non-hydrogen) atoms. The van der Waals surface area contributed by atoms with Crippen LogP contribution in [0.15, 0.2) is 42.6 Å². The summed E-state index contributed by atoms with van der Waals surface area (Å²) in [4.78, 5) is 14.0. The van der Waals surface area contributed by atoms with E-state index in [-0.39, 0.29) is 12.3 Å². The van der Waals surface area contributed by atoms with Gasteiger partial charge in [0.05, 0.1) is 23.9 Å². The largest absolute Gasteiger partial charge is 0.367 e. The topological polar surface area (TPSA) is 49.0 Å². The number of carbonyl (C=O) groups excluding carboxylic acids is 1. The van der Waals surface area contributed by atoms with Gasteiger partial charge in [-0.3, -0.25) is 4.79 Å². The number of nitriles is 1. The number of benzene rings is 1. The fraction of sp³-hybridized carbons (Fsp3) is 0.200. The lowest BCUT2D eigenvalue weighted by Gasteiger charge is -2.18. The van der Waals surface area contributed by atoms with Crippen LogP contribution in [0.2, 0.25) is 0 Å². The Kier molecular flexibility index (Phi) is 3.67. The number of anilines is 1. The minimum Gasteiger partial charge on any atom is -0.367 e. The van der Waals surface area contributed by atoms with Gasteiger partial charge in [0.1, 0.15) is 0 Å². The molecule has 0 fully saturated rings. The highest BCUT2D eigenvalue weighted by molar-refractivity contribution is 5.97. The summed E-state index contributed by atoms with van der Waals surface area (Å²) in [6, 6.07) is 13.0. The predicted molar refractivity (Wildman–Crippen MR) is 74.2 cm³/mol. The number of hydrogen-bond donors (Lipinski definition) is 0. The smallest absolute Gasteiger partial charge is 0.198 e. The van der Waals surface area contributed by atoms with Crippen LogP contribution in [0.25, 0.3) is 0 Å². The van der Waals surface area contributed by atoms with Crippen LogP contribution in [0, 0.1) is 11.3 Å². The molecule has 1 heterocycles. The SMILES string of the molecule is CN(CC(=O)c1cccn1C)c1cccc(C#N)c1. The number of nitrogens with zero attached hydrogens (tertiary/aromatic N) is 3. The lowest BCUT2D eigenvalue weighted by Crippen LogP contribution is -2.26. The molecule has 0 aliphatic heterocycles. The molecule has 0 amide bonds. The number of carbonyl (C=O) groups is 1. The monoisotopic (exact) mass is 253 g/mol. The summed E-state index contributed by atoms with van der Waals surface area (Å²) in [5, 5.41) is 8.87. The highest BCUT2D eigenvalue weighted by atomic mass is 16.1. The zero-order chi connectivity index (χ0) is 13.8. The third-order valence-electron chi connectivity index (χ3n) is 3.03. The van der Waals surface area contributed by atoms with Gasteiger partial charge in [0, 0.05) is 26.0 Å². The van der Waals surface area contributed by atoms with E-state index in [1.165, 1.54) is 0 Å². The van der Waals surface area contributed by atoms with Crippen LogP contribution in [-0.4, -0.2) is 23.9 Å². The number of aryl methyl sites for hydroxylation is 1. The van der Waals surface area contributed by atoms with E-state index < -0.39 is 0 Å². The highest BCUT2D eigenvalue weighted by Crippen LogP contribution is 2.15. The maximum atomic E-state index is 12.1. The molecule has 0 spiro atoms. The molecule has 2 aromatic rings. The average molecular weight is 253 g/mol. The fourth-order valence-corrected chi connectivity index (χ4v) is 1.95. The van der Waals surface area contributed by atoms with Crippen LogP contribution in [0.4, 0.5) is 5.69 Å². The second-order valence-electron chi connectivity index (χ2n) is 4.45. The first-order chi connectivity index (χ1) is 9.11. The first kappa shape index (κ1) is 12.9. The van der Waals surface area contributed by atoms with E-state index in [1.54, 1.807) is 12.1 Å². The standard InChI is InChI=1S/C15H15N3O/c1-17-8-4-7-14(17)15(19)11-18(2)13-6-3-5-12(9-13)10-16/h3-9H,11H2,1-2H3. The maximum Gasteiger partial charge on any atom is 0.198 e. The van der Waals surface area contributed by atoms with Gasteiger partial charge in [-0.25, -0.2) is 0 Å². The molecule has 0 radical (unpaired) electrons. The van der Waals surface area contributed by atoms with Gasteiger partial charge in [0.2, 0.25) is 0 Å². The van der Waals surface area contributed by atoms with E-state index in [0.717, 1.165) is 5.69 Å². The lowest BCUT2D eigenvalue weighted by molar-refractivity contribution is 0.0992. The van der Waals surface area contributed by atoms with Crippen molar-refractivity contribution in [2.75, 3.05) is 18.5 Å². The Morgan fingerprint density at radius 2 is 2.16 bits per heavy atom. The van der Waals surface area contributed by atoms with Gasteiger partial charge in [-0.05, 0) is 30.3 Å². The van der Waals surface area contributed by atoms with Gasteiger partial charge in [0.25, 0.3) is 0 Å². The number of likely N-dealkylation sites (N-methyl/N-ethyl adjacent to an activating group) is 1. The molecule has 2 rings (SSSR count). The Bertz CT molecular complexity index is 637. The molecule has 1 aromatic carbocycles. The summed E-state index contributed by atoms with van der Waals surface area (Å²) >= 11 is 0. The van der Waals surface area contributed by atoms with E-state index in [2.05, 4.69) is 6.07 Å². The molecule has 0 N–H and O–H groups in total. The number of ketones is 1. The van der Waals surface area contributed by atoms with Crippen molar-refractivity contribution in [1.29, 1.82) is 5.26 Å². The van der Waals surface area contributed by atoms with E-state index in [1.807, 2.05) is 54.0 Å². The second kappa shape index (κ2) is 5.40. The summed E-state index contributed by atoms with van der Waals surface area (Å²) in [5.41, 5.74) is 2.14. The number of aromatic nitrogens is 1. The quantitative estimate of drug-likeness (QED) is 0.785. The lowest BCUT2D eigenvalue weighted by atomic mass is 10.2. The van der Waals surface area contributed by atoms with Gasteiger partial charge in [-0.15, -0.1) is 0 Å². The minimum absolute atomic E-state index is 0.0531. The van der Waals surface area contributed by atoms with Gasteiger partial charge in [-0.1, -0.05) is 6.07 Å². The van der Waals surface area contributed by atoms with Gasteiger partial charge in [-0.2, -0.15) is 5.26 Å². The Balaban J connectivity index is 2.13. The predicted octanol–water partition coefficient (Wildman–Crippen LogP) is 2.22. The summed E-state index contributed by atoms with van der Waals surface area (Å²) in [6.45, 7) is 0.284. The molecule has 0 saturated carbocycles. The minimum atomic E-state index is 0.0531. The highest BCUT2D eigenvalue weighted by Gasteiger charge is 2.12. The van der Waals surface area contributed by atoms with Crippen molar-refractivity contribution in [2.24, 2.45) is 7.05 Å². The van der Waals surface area contributed by atoms with Crippen LogP contribution in [0.3, 0.4) is 0 Å². The third-order valence-corrected chi connectivity index (χ3v) is 3.03. The Hall–Kier alpha value is -2.54. The van der Waals surface area contributed by atoms with Crippen molar-refractivity contribution < 1.29 is 4.79 Å². The summed E-state index contributed by atoms with van der Waals surface area (Å²) < 4.78 is 1.81. The zero-order valence-corrected chi connectivity index (χ0v) is 11.0. The number of rotatable bonds is 4. The molecule has 0 bridgehead atoms. The van der Waals surface area contributed by atoms with Crippen molar-refractivity contribution in [3.05, 3.63) is 53.9 Å². The molecular weight excluding hydrogens is 238 g/mol. The summed E-state index contributed by atoms with van der Waals surface area (Å²) in [7, 11) is 3.70.